The van der Waals surface area contributed by atoms with Crippen molar-refractivity contribution >= 4 is 39.3 Å². The minimum atomic E-state index is -1.63. The zero-order chi connectivity index (χ0) is 16.8. The highest BCUT2D eigenvalue weighted by Gasteiger charge is 2.19. The largest absolute Gasteiger partial charge is 0.360 e. The Labute approximate surface area is 146 Å². The Balaban J connectivity index is 1.71. The summed E-state index contributed by atoms with van der Waals surface area (Å²) in [6.07, 6.45) is 4.97. The van der Waals surface area contributed by atoms with E-state index in [9.17, 15) is 8.60 Å². The Morgan fingerprint density at radius 2 is 2.21 bits per heavy atom. The van der Waals surface area contributed by atoms with Gasteiger partial charge in [-0.25, -0.2) is 13.6 Å². The molecule has 2 aromatic heterocycles. The summed E-state index contributed by atoms with van der Waals surface area (Å²) in [5, 5.41) is 1.14. The number of nitrogens with zero attached hydrogens (tertiary/aromatic N) is 1. The first-order valence-electron chi connectivity index (χ1n) is 7.67. The molecule has 2 N–H and O–H groups in total. The first kappa shape index (κ1) is 15.6. The van der Waals surface area contributed by atoms with Crippen molar-refractivity contribution in [2.24, 2.45) is 0 Å². The molecule has 0 bridgehead atoms. The molecule has 0 aliphatic heterocycles. The van der Waals surface area contributed by atoms with Gasteiger partial charge in [-0.1, -0.05) is 23.7 Å². The number of anilines is 1. The van der Waals surface area contributed by atoms with Crippen LogP contribution in [-0.2, 0) is 23.8 Å². The summed E-state index contributed by atoms with van der Waals surface area (Å²) >= 11 is 5.84. The SMILES string of the molecule is Cc1nc(NS(=O)c2c[nH]c3c4c(ccc23)CCC4)c(F)cc1Cl. The lowest BCUT2D eigenvalue weighted by molar-refractivity contribution is 0.625. The van der Waals surface area contributed by atoms with Crippen LogP contribution in [0.1, 0.15) is 23.2 Å². The van der Waals surface area contributed by atoms with Crippen LogP contribution >= 0.6 is 11.6 Å². The topological polar surface area (TPSA) is 57.8 Å². The third-order valence-corrected chi connectivity index (χ3v) is 5.89. The van der Waals surface area contributed by atoms with E-state index in [1.165, 1.54) is 17.2 Å². The maximum atomic E-state index is 14.0. The molecule has 3 aromatic rings. The molecule has 7 heteroatoms. The van der Waals surface area contributed by atoms with Crippen LogP contribution in [0.4, 0.5) is 10.2 Å². The van der Waals surface area contributed by atoms with Crippen LogP contribution in [0.5, 0.6) is 0 Å². The number of aromatic amines is 1. The molecule has 0 saturated carbocycles. The Morgan fingerprint density at radius 1 is 1.38 bits per heavy atom. The van der Waals surface area contributed by atoms with Crippen molar-refractivity contribution < 1.29 is 8.60 Å². The van der Waals surface area contributed by atoms with Crippen molar-refractivity contribution in [3.8, 4) is 0 Å². The van der Waals surface area contributed by atoms with Gasteiger partial charge in [-0.3, -0.25) is 4.72 Å². The highest BCUT2D eigenvalue weighted by Crippen LogP contribution is 2.32. The zero-order valence-electron chi connectivity index (χ0n) is 13.0. The zero-order valence-corrected chi connectivity index (χ0v) is 14.5. The van der Waals surface area contributed by atoms with E-state index in [2.05, 4.69) is 20.8 Å². The monoisotopic (exact) mass is 363 g/mol. The first-order valence-corrected chi connectivity index (χ1v) is 9.20. The van der Waals surface area contributed by atoms with Crippen LogP contribution in [0.15, 0.2) is 29.3 Å². The third-order valence-electron chi connectivity index (χ3n) is 4.39. The molecule has 1 aromatic carbocycles. The van der Waals surface area contributed by atoms with E-state index in [1.54, 1.807) is 13.1 Å². The second-order valence-corrected chi connectivity index (χ2v) is 7.48. The van der Waals surface area contributed by atoms with Gasteiger partial charge in [0.2, 0.25) is 0 Å². The van der Waals surface area contributed by atoms with Gasteiger partial charge < -0.3 is 4.98 Å². The number of benzene rings is 1. The Hall–Kier alpha value is -1.92. The van der Waals surface area contributed by atoms with E-state index >= 15 is 0 Å². The summed E-state index contributed by atoms with van der Waals surface area (Å²) in [5.41, 5.74) is 4.14. The van der Waals surface area contributed by atoms with E-state index < -0.39 is 16.8 Å². The third kappa shape index (κ3) is 2.50. The quantitative estimate of drug-likeness (QED) is 0.729. The molecular weight excluding hydrogens is 349 g/mol. The molecular formula is C17H15ClFN3OS. The van der Waals surface area contributed by atoms with Gasteiger partial charge in [0.15, 0.2) is 22.6 Å². The number of aryl methyl sites for hydroxylation is 3. The molecule has 1 aliphatic rings. The van der Waals surface area contributed by atoms with E-state index in [0.717, 1.165) is 30.2 Å². The standard InChI is InChI=1S/C17H15ClFN3OS/c1-9-13(18)7-14(19)17(21-9)22-24(23)15-8-20-16-11-4-2-3-10(11)5-6-12(15)16/h5-8,20H,2-4H2,1H3,(H,21,22). The van der Waals surface area contributed by atoms with Gasteiger partial charge in [-0.15, -0.1) is 0 Å². The van der Waals surface area contributed by atoms with Gasteiger partial charge in [0.05, 0.1) is 21.1 Å². The maximum absolute atomic E-state index is 14.0. The lowest BCUT2D eigenvalue weighted by Gasteiger charge is -2.08. The second-order valence-electron chi connectivity index (χ2n) is 5.89. The maximum Gasteiger partial charge on any atom is 0.174 e. The van der Waals surface area contributed by atoms with E-state index in [0.29, 0.717) is 10.6 Å². The summed E-state index contributed by atoms with van der Waals surface area (Å²) < 4.78 is 29.3. The number of pyridine rings is 1. The molecule has 1 atom stereocenters. The second kappa shape index (κ2) is 5.86. The predicted molar refractivity (Wildman–Crippen MR) is 94.3 cm³/mol. The molecule has 1 unspecified atom stereocenters. The van der Waals surface area contributed by atoms with Crippen LogP contribution in [-0.4, -0.2) is 14.2 Å². The Kier molecular flexibility index (Phi) is 3.81. The van der Waals surface area contributed by atoms with Crippen LogP contribution in [0.25, 0.3) is 10.9 Å². The average molecular weight is 364 g/mol. The average Bonchev–Trinajstić information content (AvgIpc) is 3.18. The van der Waals surface area contributed by atoms with Crippen molar-refractivity contribution in [3.63, 3.8) is 0 Å². The van der Waals surface area contributed by atoms with Gasteiger partial charge in [0, 0.05) is 11.6 Å². The molecule has 0 radical (unpaired) electrons. The smallest absolute Gasteiger partial charge is 0.174 e. The number of fused-ring (bicyclic) bond motifs is 3. The van der Waals surface area contributed by atoms with Gasteiger partial charge in [-0.2, -0.15) is 0 Å². The van der Waals surface area contributed by atoms with Crippen molar-refractivity contribution in [1.29, 1.82) is 0 Å². The van der Waals surface area contributed by atoms with E-state index in [1.807, 2.05) is 6.07 Å². The summed E-state index contributed by atoms with van der Waals surface area (Å²) in [5.74, 6) is -0.689. The molecule has 124 valence electrons. The summed E-state index contributed by atoms with van der Waals surface area (Å²) in [4.78, 5) is 7.85. The molecule has 2 heterocycles. The molecule has 0 saturated heterocycles. The van der Waals surface area contributed by atoms with Crippen molar-refractivity contribution in [1.82, 2.24) is 9.97 Å². The van der Waals surface area contributed by atoms with Gasteiger partial charge in [-0.05, 0) is 43.4 Å². The van der Waals surface area contributed by atoms with Gasteiger partial charge >= 0.3 is 0 Å². The van der Waals surface area contributed by atoms with Crippen molar-refractivity contribution in [2.45, 2.75) is 31.1 Å². The minimum Gasteiger partial charge on any atom is -0.360 e. The molecule has 24 heavy (non-hydrogen) atoms. The number of aromatic nitrogens is 2. The van der Waals surface area contributed by atoms with Crippen LogP contribution in [0, 0.1) is 12.7 Å². The van der Waals surface area contributed by atoms with Gasteiger partial charge in [0.1, 0.15) is 0 Å². The van der Waals surface area contributed by atoms with E-state index in [4.69, 9.17) is 11.6 Å². The number of H-pyrrole nitrogens is 1. The summed E-state index contributed by atoms with van der Waals surface area (Å²) in [6, 6.07) is 5.23. The molecule has 1 aliphatic carbocycles. The van der Waals surface area contributed by atoms with Crippen LogP contribution in [0.3, 0.4) is 0 Å². The van der Waals surface area contributed by atoms with Crippen LogP contribution < -0.4 is 4.72 Å². The summed E-state index contributed by atoms with van der Waals surface area (Å²) in [7, 11) is -1.63. The lowest BCUT2D eigenvalue weighted by atomic mass is 10.1. The Morgan fingerprint density at radius 3 is 3.04 bits per heavy atom. The number of hydrogen-bond acceptors (Lipinski definition) is 2. The molecule has 4 rings (SSSR count). The fraction of sp³-hybridized carbons (Fsp3) is 0.235. The van der Waals surface area contributed by atoms with Crippen molar-refractivity contribution in [2.75, 3.05) is 4.72 Å². The number of nitrogens with one attached hydrogen (secondary N) is 2. The molecule has 0 amide bonds. The minimum absolute atomic E-state index is 0.0641. The molecule has 0 fully saturated rings. The fourth-order valence-corrected chi connectivity index (χ4v) is 4.28. The van der Waals surface area contributed by atoms with Gasteiger partial charge in [0.25, 0.3) is 0 Å². The lowest BCUT2D eigenvalue weighted by Crippen LogP contribution is -2.08. The normalized spacial score (nSPS) is 14.8. The molecule has 4 nitrogen and oxygen atoms in total. The molecule has 0 spiro atoms. The number of halogens is 2. The van der Waals surface area contributed by atoms with Crippen molar-refractivity contribution in [3.05, 3.63) is 52.1 Å². The highest BCUT2D eigenvalue weighted by molar-refractivity contribution is 7.86. The number of rotatable bonds is 3. The summed E-state index contributed by atoms with van der Waals surface area (Å²) in [6.45, 7) is 1.67. The Bertz CT molecular complexity index is 986. The fourth-order valence-electron chi connectivity index (χ4n) is 3.18. The first-order chi connectivity index (χ1) is 11.5. The van der Waals surface area contributed by atoms with Crippen LogP contribution in [0.2, 0.25) is 5.02 Å². The highest BCUT2D eigenvalue weighted by atomic mass is 35.5. The number of hydrogen-bond donors (Lipinski definition) is 2. The van der Waals surface area contributed by atoms with E-state index in [-0.39, 0.29) is 10.8 Å². The predicted octanol–water partition coefficient (Wildman–Crippen LogP) is 4.29.